The first kappa shape index (κ1) is 16.9. The van der Waals surface area contributed by atoms with Gasteiger partial charge < -0.3 is 4.74 Å². The predicted molar refractivity (Wildman–Crippen MR) is 99.2 cm³/mol. The molecule has 0 atom stereocenters. The zero-order chi connectivity index (χ0) is 18.1. The maximum atomic E-state index is 12.4. The zero-order valence-electron chi connectivity index (χ0n) is 14.6. The van der Waals surface area contributed by atoms with Crippen molar-refractivity contribution in [1.29, 1.82) is 0 Å². The molecule has 134 valence electrons. The van der Waals surface area contributed by atoms with E-state index in [4.69, 9.17) is 4.74 Å². The van der Waals surface area contributed by atoms with Gasteiger partial charge in [-0.05, 0) is 6.92 Å². The number of hydrogen-bond acceptors (Lipinski definition) is 6. The molecule has 1 aliphatic heterocycles. The summed E-state index contributed by atoms with van der Waals surface area (Å²) in [6.45, 7) is 6.26. The zero-order valence-corrected chi connectivity index (χ0v) is 15.4. The lowest BCUT2D eigenvalue weighted by Gasteiger charge is -2.37. The van der Waals surface area contributed by atoms with Crippen molar-refractivity contribution in [2.75, 3.05) is 18.5 Å². The van der Waals surface area contributed by atoms with E-state index in [1.165, 1.54) is 16.9 Å². The predicted octanol–water partition coefficient (Wildman–Crippen LogP) is 3.00. The van der Waals surface area contributed by atoms with Crippen LogP contribution in [-0.2, 0) is 11.3 Å². The van der Waals surface area contributed by atoms with Gasteiger partial charge in [0, 0.05) is 16.4 Å². The molecule has 8 heteroatoms. The molecule has 1 fully saturated rings. The van der Waals surface area contributed by atoms with E-state index >= 15 is 0 Å². The largest absolute Gasteiger partial charge is 0.380 e. The molecule has 2 aromatic heterocycles. The Hall–Kier alpha value is -2.58. The maximum Gasteiger partial charge on any atom is 0.279 e. The third kappa shape index (κ3) is 3.51. The minimum absolute atomic E-state index is 0.0691. The van der Waals surface area contributed by atoms with E-state index in [1.807, 2.05) is 36.6 Å². The summed E-state index contributed by atoms with van der Waals surface area (Å²) in [7, 11) is 0. The fourth-order valence-electron chi connectivity index (χ4n) is 2.76. The van der Waals surface area contributed by atoms with Crippen molar-refractivity contribution in [3.63, 3.8) is 0 Å². The lowest BCUT2D eigenvalue weighted by Crippen LogP contribution is -2.43. The van der Waals surface area contributed by atoms with Crippen LogP contribution in [0.25, 0.3) is 11.3 Å². The van der Waals surface area contributed by atoms with Gasteiger partial charge in [0.25, 0.3) is 5.91 Å². The summed E-state index contributed by atoms with van der Waals surface area (Å²) >= 11 is 1.39. The SMILES string of the molecule is Cc1ccc(-c2csc(NC(=O)c3cn(CC4(C)COC4)nn3)n2)cc1. The Bertz CT molecular complexity index is 927. The van der Waals surface area contributed by atoms with Gasteiger partial charge in [0.2, 0.25) is 0 Å². The van der Waals surface area contributed by atoms with Crippen LogP contribution >= 0.6 is 11.3 Å². The van der Waals surface area contributed by atoms with Gasteiger partial charge in [-0.3, -0.25) is 14.8 Å². The lowest BCUT2D eigenvalue weighted by atomic mass is 9.89. The number of carbonyl (C=O) groups is 1. The normalized spacial score (nSPS) is 15.5. The summed E-state index contributed by atoms with van der Waals surface area (Å²) < 4.78 is 6.93. The van der Waals surface area contributed by atoms with E-state index in [1.54, 1.807) is 10.9 Å². The second-order valence-electron chi connectivity index (χ2n) is 6.96. The number of hydrogen-bond donors (Lipinski definition) is 1. The second-order valence-corrected chi connectivity index (χ2v) is 7.82. The Morgan fingerprint density at radius 1 is 1.35 bits per heavy atom. The van der Waals surface area contributed by atoms with Gasteiger partial charge in [-0.1, -0.05) is 42.0 Å². The first-order valence-corrected chi connectivity index (χ1v) is 9.21. The topological polar surface area (TPSA) is 81.9 Å². The Kier molecular flexibility index (Phi) is 4.29. The molecule has 1 aliphatic rings. The number of carbonyl (C=O) groups excluding carboxylic acids is 1. The van der Waals surface area contributed by atoms with Crippen LogP contribution in [0.4, 0.5) is 5.13 Å². The summed E-state index contributed by atoms with van der Waals surface area (Å²) in [5.41, 5.74) is 3.41. The number of benzene rings is 1. The Morgan fingerprint density at radius 2 is 2.12 bits per heavy atom. The van der Waals surface area contributed by atoms with Gasteiger partial charge in [-0.15, -0.1) is 16.4 Å². The van der Waals surface area contributed by atoms with E-state index in [2.05, 4.69) is 27.5 Å². The summed E-state index contributed by atoms with van der Waals surface area (Å²) in [6, 6.07) is 8.12. The minimum atomic E-state index is -0.309. The number of nitrogens with zero attached hydrogens (tertiary/aromatic N) is 4. The van der Waals surface area contributed by atoms with E-state index < -0.39 is 0 Å². The molecule has 0 spiro atoms. The van der Waals surface area contributed by atoms with Crippen LogP contribution in [0.2, 0.25) is 0 Å². The number of aromatic nitrogens is 4. The standard InChI is InChI=1S/C18H19N5O2S/c1-12-3-5-13(6-4-12)15-8-26-17(19-15)20-16(24)14-7-23(22-21-14)9-18(2)10-25-11-18/h3-8H,9-11H2,1-2H3,(H,19,20,24). The van der Waals surface area contributed by atoms with Gasteiger partial charge in [0.1, 0.15) is 0 Å². The van der Waals surface area contributed by atoms with Crippen molar-refractivity contribution in [3.8, 4) is 11.3 Å². The lowest BCUT2D eigenvalue weighted by molar-refractivity contribution is -0.111. The van der Waals surface area contributed by atoms with Crippen molar-refractivity contribution in [2.24, 2.45) is 5.41 Å². The molecule has 1 amide bonds. The number of rotatable bonds is 5. The highest BCUT2D eigenvalue weighted by molar-refractivity contribution is 7.14. The van der Waals surface area contributed by atoms with Gasteiger partial charge in [-0.25, -0.2) is 4.98 Å². The fraction of sp³-hybridized carbons (Fsp3) is 0.333. The van der Waals surface area contributed by atoms with Gasteiger partial charge in [0.05, 0.1) is 31.6 Å². The Morgan fingerprint density at radius 3 is 2.81 bits per heavy atom. The number of thiazole rings is 1. The van der Waals surface area contributed by atoms with Gasteiger partial charge in [0.15, 0.2) is 10.8 Å². The molecule has 7 nitrogen and oxygen atoms in total. The molecule has 0 radical (unpaired) electrons. The van der Waals surface area contributed by atoms with E-state index in [0.717, 1.165) is 11.3 Å². The molecule has 26 heavy (non-hydrogen) atoms. The summed E-state index contributed by atoms with van der Waals surface area (Å²) in [5.74, 6) is -0.309. The van der Waals surface area contributed by atoms with E-state index in [9.17, 15) is 4.79 Å². The van der Waals surface area contributed by atoms with E-state index in [-0.39, 0.29) is 17.0 Å². The maximum absolute atomic E-state index is 12.4. The minimum Gasteiger partial charge on any atom is -0.380 e. The Balaban J connectivity index is 1.42. The summed E-state index contributed by atoms with van der Waals surface area (Å²) in [5, 5.41) is 13.3. The monoisotopic (exact) mass is 369 g/mol. The van der Waals surface area contributed by atoms with Gasteiger partial charge >= 0.3 is 0 Å². The van der Waals surface area contributed by atoms with Crippen LogP contribution in [0, 0.1) is 12.3 Å². The number of ether oxygens (including phenoxy) is 1. The highest BCUT2D eigenvalue weighted by atomic mass is 32.1. The van der Waals surface area contributed by atoms with Crippen molar-refractivity contribution in [2.45, 2.75) is 20.4 Å². The van der Waals surface area contributed by atoms with Crippen LogP contribution < -0.4 is 5.32 Å². The highest BCUT2D eigenvalue weighted by Crippen LogP contribution is 2.28. The molecular formula is C18H19N5O2S. The number of amides is 1. The summed E-state index contributed by atoms with van der Waals surface area (Å²) in [6.07, 6.45) is 1.66. The summed E-state index contributed by atoms with van der Waals surface area (Å²) in [4.78, 5) is 16.9. The quantitative estimate of drug-likeness (QED) is 0.748. The molecule has 3 heterocycles. The molecule has 1 aromatic carbocycles. The Labute approximate surface area is 155 Å². The molecule has 0 saturated carbocycles. The molecule has 0 bridgehead atoms. The number of anilines is 1. The molecular weight excluding hydrogens is 350 g/mol. The molecule has 4 rings (SSSR count). The second kappa shape index (κ2) is 6.62. The van der Waals surface area contributed by atoms with Crippen LogP contribution in [0.15, 0.2) is 35.8 Å². The van der Waals surface area contributed by atoms with Crippen LogP contribution in [0.3, 0.4) is 0 Å². The first-order chi connectivity index (χ1) is 12.5. The number of aryl methyl sites for hydroxylation is 1. The molecule has 1 N–H and O–H groups in total. The van der Waals surface area contributed by atoms with Crippen molar-refractivity contribution in [3.05, 3.63) is 47.1 Å². The van der Waals surface area contributed by atoms with Gasteiger partial charge in [-0.2, -0.15) is 0 Å². The third-order valence-corrected chi connectivity index (χ3v) is 5.05. The van der Waals surface area contributed by atoms with Crippen molar-refractivity contribution in [1.82, 2.24) is 20.0 Å². The highest BCUT2D eigenvalue weighted by Gasteiger charge is 2.34. The van der Waals surface area contributed by atoms with E-state index in [0.29, 0.717) is 24.9 Å². The molecule has 1 saturated heterocycles. The van der Waals surface area contributed by atoms with Crippen LogP contribution in [0.1, 0.15) is 23.0 Å². The van der Waals surface area contributed by atoms with Crippen LogP contribution in [-0.4, -0.2) is 39.1 Å². The number of nitrogens with one attached hydrogen (secondary N) is 1. The molecule has 0 aliphatic carbocycles. The average molecular weight is 369 g/mol. The average Bonchev–Trinajstić information content (AvgIpc) is 3.24. The van der Waals surface area contributed by atoms with Crippen molar-refractivity contribution < 1.29 is 9.53 Å². The third-order valence-electron chi connectivity index (χ3n) is 4.29. The van der Waals surface area contributed by atoms with Crippen molar-refractivity contribution >= 4 is 22.4 Å². The van der Waals surface area contributed by atoms with Crippen LogP contribution in [0.5, 0.6) is 0 Å². The fourth-order valence-corrected chi connectivity index (χ4v) is 3.48. The first-order valence-electron chi connectivity index (χ1n) is 8.33. The molecule has 0 unspecified atom stereocenters. The smallest absolute Gasteiger partial charge is 0.279 e. The molecule has 3 aromatic rings.